The van der Waals surface area contributed by atoms with Crippen LogP contribution in [0.3, 0.4) is 0 Å². The summed E-state index contributed by atoms with van der Waals surface area (Å²) < 4.78 is 5.26. The summed E-state index contributed by atoms with van der Waals surface area (Å²) in [4.78, 5) is 15.2. The number of carboxylic acids is 1. The highest BCUT2D eigenvalue weighted by Crippen LogP contribution is 2.18. The molecule has 3 aromatic rings. The molecule has 2 aromatic carbocycles. The van der Waals surface area contributed by atoms with Gasteiger partial charge in [0.25, 0.3) is 0 Å². The number of carboxylic acid groups (broad SMARTS) is 1. The molecule has 22 heavy (non-hydrogen) atoms. The molecule has 0 bridgehead atoms. The summed E-state index contributed by atoms with van der Waals surface area (Å²) in [5.41, 5.74) is 3.23. The van der Waals surface area contributed by atoms with Crippen molar-refractivity contribution in [3.8, 4) is 11.4 Å². The second kappa shape index (κ2) is 5.81. The van der Waals surface area contributed by atoms with Crippen LogP contribution in [0.2, 0.25) is 0 Å². The molecule has 5 nitrogen and oxygen atoms in total. The van der Waals surface area contributed by atoms with Gasteiger partial charge >= 0.3 is 5.97 Å². The monoisotopic (exact) mass is 294 g/mol. The van der Waals surface area contributed by atoms with Gasteiger partial charge in [-0.2, -0.15) is 4.98 Å². The van der Waals surface area contributed by atoms with Crippen molar-refractivity contribution in [1.29, 1.82) is 0 Å². The second-order valence-corrected chi connectivity index (χ2v) is 5.06. The normalized spacial score (nSPS) is 10.6. The van der Waals surface area contributed by atoms with Crippen LogP contribution >= 0.6 is 0 Å². The number of aromatic carboxylic acids is 1. The Labute approximate surface area is 127 Å². The number of hydrogen-bond donors (Lipinski definition) is 1. The van der Waals surface area contributed by atoms with Gasteiger partial charge in [-0.05, 0) is 30.7 Å². The molecular formula is C17H14N2O3. The zero-order chi connectivity index (χ0) is 15.5. The lowest BCUT2D eigenvalue weighted by Crippen LogP contribution is -1.96. The number of aromatic nitrogens is 2. The van der Waals surface area contributed by atoms with Crippen molar-refractivity contribution in [3.05, 3.63) is 71.1 Å². The van der Waals surface area contributed by atoms with Crippen LogP contribution in [0.15, 0.2) is 53.1 Å². The molecule has 0 amide bonds. The van der Waals surface area contributed by atoms with E-state index < -0.39 is 5.97 Å². The fourth-order valence-corrected chi connectivity index (χ4v) is 2.17. The predicted octanol–water partition coefficient (Wildman–Crippen LogP) is 3.33. The first-order chi connectivity index (χ1) is 10.6. The summed E-state index contributed by atoms with van der Waals surface area (Å²) in [7, 11) is 0. The minimum Gasteiger partial charge on any atom is -0.478 e. The Bertz CT molecular complexity index is 807. The Morgan fingerprint density at radius 1 is 1.18 bits per heavy atom. The summed E-state index contributed by atoms with van der Waals surface area (Å²) >= 11 is 0. The minimum absolute atomic E-state index is 0.259. The van der Waals surface area contributed by atoms with Crippen molar-refractivity contribution >= 4 is 5.97 Å². The van der Waals surface area contributed by atoms with E-state index in [1.165, 1.54) is 0 Å². The average Bonchev–Trinajstić information content (AvgIpc) is 2.96. The van der Waals surface area contributed by atoms with Crippen LogP contribution in [-0.2, 0) is 6.42 Å². The van der Waals surface area contributed by atoms with E-state index in [0.29, 0.717) is 18.1 Å². The van der Waals surface area contributed by atoms with Crippen LogP contribution in [0.25, 0.3) is 11.4 Å². The minimum atomic E-state index is -0.939. The number of carbonyl (C=O) groups is 1. The number of benzene rings is 2. The summed E-state index contributed by atoms with van der Waals surface area (Å²) in [5.74, 6) is 0.117. The van der Waals surface area contributed by atoms with E-state index in [-0.39, 0.29) is 5.56 Å². The Morgan fingerprint density at radius 3 is 2.64 bits per heavy atom. The highest BCUT2D eigenvalue weighted by atomic mass is 16.5. The standard InChI is InChI=1S/C17H14N2O3/c1-11-3-2-4-14(9-11)16-18-15(22-19-16)10-12-5-7-13(8-6-12)17(20)21/h2-9H,10H2,1H3,(H,20,21). The highest BCUT2D eigenvalue weighted by molar-refractivity contribution is 5.87. The third kappa shape index (κ3) is 3.03. The van der Waals surface area contributed by atoms with E-state index in [1.54, 1.807) is 24.3 Å². The molecule has 0 unspecified atom stereocenters. The number of rotatable bonds is 4. The highest BCUT2D eigenvalue weighted by Gasteiger charge is 2.10. The van der Waals surface area contributed by atoms with Crippen molar-refractivity contribution in [3.63, 3.8) is 0 Å². The first-order valence-electron chi connectivity index (χ1n) is 6.84. The SMILES string of the molecule is Cc1cccc(-c2noc(Cc3ccc(C(=O)O)cc3)n2)c1. The number of hydrogen-bond acceptors (Lipinski definition) is 4. The van der Waals surface area contributed by atoms with E-state index >= 15 is 0 Å². The maximum Gasteiger partial charge on any atom is 0.335 e. The molecule has 1 aromatic heterocycles. The smallest absolute Gasteiger partial charge is 0.335 e. The number of nitrogens with zero attached hydrogens (tertiary/aromatic N) is 2. The molecule has 0 aliphatic rings. The Morgan fingerprint density at radius 2 is 1.95 bits per heavy atom. The van der Waals surface area contributed by atoms with Gasteiger partial charge in [-0.1, -0.05) is 41.1 Å². The average molecular weight is 294 g/mol. The molecule has 1 N–H and O–H groups in total. The van der Waals surface area contributed by atoms with Gasteiger partial charge in [-0.15, -0.1) is 0 Å². The molecule has 0 spiro atoms. The van der Waals surface area contributed by atoms with E-state index in [2.05, 4.69) is 10.1 Å². The lowest BCUT2D eigenvalue weighted by Gasteiger charge is -1.98. The van der Waals surface area contributed by atoms with Gasteiger partial charge in [0.1, 0.15) is 0 Å². The Hall–Kier alpha value is -2.95. The summed E-state index contributed by atoms with van der Waals surface area (Å²) in [6, 6.07) is 14.5. The van der Waals surface area contributed by atoms with Crippen molar-refractivity contribution < 1.29 is 14.4 Å². The van der Waals surface area contributed by atoms with Gasteiger partial charge in [-0.3, -0.25) is 0 Å². The lowest BCUT2D eigenvalue weighted by molar-refractivity contribution is 0.0697. The molecule has 0 radical (unpaired) electrons. The van der Waals surface area contributed by atoms with Gasteiger partial charge in [0.05, 0.1) is 12.0 Å². The predicted molar refractivity (Wildman–Crippen MR) is 80.7 cm³/mol. The van der Waals surface area contributed by atoms with E-state index in [1.807, 2.05) is 31.2 Å². The van der Waals surface area contributed by atoms with Crippen molar-refractivity contribution in [2.75, 3.05) is 0 Å². The third-order valence-corrected chi connectivity index (χ3v) is 3.30. The fraction of sp³-hybridized carbons (Fsp3) is 0.118. The van der Waals surface area contributed by atoms with Crippen LogP contribution in [0.5, 0.6) is 0 Å². The molecule has 110 valence electrons. The maximum atomic E-state index is 10.8. The second-order valence-electron chi connectivity index (χ2n) is 5.06. The molecule has 0 fully saturated rings. The van der Waals surface area contributed by atoms with Crippen LogP contribution in [0, 0.1) is 6.92 Å². The molecule has 0 atom stereocenters. The lowest BCUT2D eigenvalue weighted by atomic mass is 10.1. The molecule has 0 aliphatic carbocycles. The van der Waals surface area contributed by atoms with Crippen LogP contribution in [-0.4, -0.2) is 21.2 Å². The van der Waals surface area contributed by atoms with Crippen molar-refractivity contribution in [2.45, 2.75) is 13.3 Å². The Balaban J connectivity index is 1.78. The zero-order valence-corrected chi connectivity index (χ0v) is 12.0. The number of aryl methyl sites for hydroxylation is 1. The van der Waals surface area contributed by atoms with Gasteiger partial charge < -0.3 is 9.63 Å². The molecule has 0 saturated carbocycles. The van der Waals surface area contributed by atoms with Gasteiger partial charge in [0, 0.05) is 5.56 Å². The first-order valence-corrected chi connectivity index (χ1v) is 6.84. The molecule has 0 saturated heterocycles. The Kier molecular flexibility index (Phi) is 3.70. The zero-order valence-electron chi connectivity index (χ0n) is 12.0. The van der Waals surface area contributed by atoms with Gasteiger partial charge in [-0.25, -0.2) is 4.79 Å². The van der Waals surface area contributed by atoms with Crippen molar-refractivity contribution in [1.82, 2.24) is 10.1 Å². The van der Waals surface area contributed by atoms with Crippen LogP contribution < -0.4 is 0 Å². The molecule has 1 heterocycles. The van der Waals surface area contributed by atoms with E-state index in [0.717, 1.165) is 16.7 Å². The van der Waals surface area contributed by atoms with Crippen molar-refractivity contribution in [2.24, 2.45) is 0 Å². The topological polar surface area (TPSA) is 76.2 Å². The molecule has 5 heteroatoms. The van der Waals surface area contributed by atoms with E-state index in [9.17, 15) is 4.79 Å². The van der Waals surface area contributed by atoms with Gasteiger partial charge in [0.15, 0.2) is 0 Å². The maximum absolute atomic E-state index is 10.8. The van der Waals surface area contributed by atoms with Crippen LogP contribution in [0.1, 0.15) is 27.4 Å². The van der Waals surface area contributed by atoms with Crippen LogP contribution in [0.4, 0.5) is 0 Å². The largest absolute Gasteiger partial charge is 0.478 e. The molecular weight excluding hydrogens is 280 g/mol. The fourth-order valence-electron chi connectivity index (χ4n) is 2.17. The first kappa shape index (κ1) is 14.0. The summed E-state index contributed by atoms with van der Waals surface area (Å²) in [6.07, 6.45) is 0.471. The quantitative estimate of drug-likeness (QED) is 0.798. The summed E-state index contributed by atoms with van der Waals surface area (Å²) in [5, 5.41) is 12.9. The van der Waals surface area contributed by atoms with Gasteiger partial charge in [0.2, 0.25) is 11.7 Å². The molecule has 3 rings (SSSR count). The molecule has 0 aliphatic heterocycles. The third-order valence-electron chi connectivity index (χ3n) is 3.30. The summed E-state index contributed by atoms with van der Waals surface area (Å²) in [6.45, 7) is 2.01. The van der Waals surface area contributed by atoms with E-state index in [4.69, 9.17) is 9.63 Å².